The summed E-state index contributed by atoms with van der Waals surface area (Å²) < 4.78 is 10.9. The monoisotopic (exact) mass is 283 g/mol. The first-order valence-corrected chi connectivity index (χ1v) is 6.46. The first kappa shape index (κ1) is 13.1. The number of hydrogen-bond acceptors (Lipinski definition) is 5. The van der Waals surface area contributed by atoms with Gasteiger partial charge in [0.2, 0.25) is 0 Å². The van der Waals surface area contributed by atoms with Gasteiger partial charge in [0.1, 0.15) is 13.2 Å². The number of benzene rings is 1. The molecule has 6 nitrogen and oxygen atoms in total. The van der Waals surface area contributed by atoms with Crippen LogP contribution in [0.3, 0.4) is 0 Å². The number of aromatic nitrogens is 1. The molecule has 0 radical (unpaired) electrons. The van der Waals surface area contributed by atoms with Gasteiger partial charge >= 0.3 is 0 Å². The molecule has 1 amide bonds. The molecule has 21 heavy (non-hydrogen) atoms. The fraction of sp³-hybridized carbons (Fsp3) is 0.133. The third-order valence-electron chi connectivity index (χ3n) is 2.89. The second-order valence-electron chi connectivity index (χ2n) is 4.34. The number of pyridine rings is 1. The van der Waals surface area contributed by atoms with Gasteiger partial charge in [-0.3, -0.25) is 9.78 Å². The van der Waals surface area contributed by atoms with Gasteiger partial charge in [0, 0.05) is 18.0 Å². The van der Waals surface area contributed by atoms with Crippen molar-refractivity contribution in [3.05, 3.63) is 53.9 Å². The lowest BCUT2D eigenvalue weighted by Gasteiger charge is -2.18. The maximum atomic E-state index is 11.8. The summed E-state index contributed by atoms with van der Waals surface area (Å²) in [6.45, 7) is 1.09. The van der Waals surface area contributed by atoms with Crippen LogP contribution in [0.4, 0.5) is 0 Å². The highest BCUT2D eigenvalue weighted by molar-refractivity contribution is 5.94. The molecule has 0 spiro atoms. The van der Waals surface area contributed by atoms with Gasteiger partial charge in [0.25, 0.3) is 5.91 Å². The average Bonchev–Trinajstić information content (AvgIpc) is 2.55. The molecule has 0 aliphatic carbocycles. The lowest BCUT2D eigenvalue weighted by molar-refractivity contribution is 0.0955. The van der Waals surface area contributed by atoms with E-state index in [0.717, 1.165) is 11.3 Å². The second-order valence-corrected chi connectivity index (χ2v) is 4.34. The van der Waals surface area contributed by atoms with Crippen LogP contribution >= 0.6 is 0 Å². The molecule has 2 heterocycles. The maximum absolute atomic E-state index is 11.8. The number of rotatable bonds is 3. The maximum Gasteiger partial charge on any atom is 0.271 e. The highest BCUT2D eigenvalue weighted by atomic mass is 16.6. The third-order valence-corrected chi connectivity index (χ3v) is 2.89. The van der Waals surface area contributed by atoms with Crippen molar-refractivity contribution < 1.29 is 14.3 Å². The van der Waals surface area contributed by atoms with E-state index >= 15 is 0 Å². The molecule has 0 saturated carbocycles. The van der Waals surface area contributed by atoms with E-state index in [1.165, 1.54) is 0 Å². The summed E-state index contributed by atoms with van der Waals surface area (Å²) in [7, 11) is 0. The minimum Gasteiger partial charge on any atom is -0.486 e. The Hall–Kier alpha value is -2.89. The van der Waals surface area contributed by atoms with E-state index in [-0.39, 0.29) is 5.91 Å². The SMILES string of the molecule is O=C(N/N=C/c1ccc2c(c1)OCCO2)c1ccncc1. The average molecular weight is 283 g/mol. The van der Waals surface area contributed by atoms with Crippen LogP contribution in [-0.2, 0) is 0 Å². The molecule has 0 bridgehead atoms. The number of amides is 1. The number of ether oxygens (including phenoxy) is 2. The van der Waals surface area contributed by atoms with Crippen LogP contribution in [0.25, 0.3) is 0 Å². The van der Waals surface area contributed by atoms with Crippen molar-refractivity contribution in [2.24, 2.45) is 5.10 Å². The Balaban J connectivity index is 1.65. The lowest BCUT2D eigenvalue weighted by atomic mass is 10.2. The number of fused-ring (bicyclic) bond motifs is 1. The first-order chi connectivity index (χ1) is 10.3. The van der Waals surface area contributed by atoms with Crippen LogP contribution in [0, 0.1) is 0 Å². The molecule has 1 aliphatic heterocycles. The summed E-state index contributed by atoms with van der Waals surface area (Å²) in [6.07, 6.45) is 4.66. The Bertz CT molecular complexity index is 671. The largest absolute Gasteiger partial charge is 0.486 e. The van der Waals surface area contributed by atoms with Crippen LogP contribution in [0.2, 0.25) is 0 Å². The Morgan fingerprint density at radius 2 is 1.90 bits per heavy atom. The topological polar surface area (TPSA) is 72.8 Å². The number of carbonyl (C=O) groups is 1. The van der Waals surface area contributed by atoms with Gasteiger partial charge in [-0.05, 0) is 35.9 Å². The van der Waals surface area contributed by atoms with Crippen molar-refractivity contribution in [3.8, 4) is 11.5 Å². The van der Waals surface area contributed by atoms with Crippen molar-refractivity contribution in [1.29, 1.82) is 0 Å². The van der Waals surface area contributed by atoms with Gasteiger partial charge in [-0.2, -0.15) is 5.10 Å². The van der Waals surface area contributed by atoms with Gasteiger partial charge in [-0.1, -0.05) is 0 Å². The molecule has 0 atom stereocenters. The fourth-order valence-corrected chi connectivity index (χ4v) is 1.87. The first-order valence-electron chi connectivity index (χ1n) is 6.46. The number of hydrogen-bond donors (Lipinski definition) is 1. The quantitative estimate of drug-likeness (QED) is 0.686. The molecule has 2 aromatic rings. The van der Waals surface area contributed by atoms with E-state index in [0.29, 0.717) is 24.5 Å². The summed E-state index contributed by atoms with van der Waals surface area (Å²) >= 11 is 0. The fourth-order valence-electron chi connectivity index (χ4n) is 1.87. The summed E-state index contributed by atoms with van der Waals surface area (Å²) in [4.78, 5) is 15.6. The van der Waals surface area contributed by atoms with Gasteiger partial charge < -0.3 is 9.47 Å². The molecule has 1 aliphatic rings. The number of nitrogens with zero attached hydrogens (tertiary/aromatic N) is 2. The molecule has 1 aromatic heterocycles. The number of nitrogens with one attached hydrogen (secondary N) is 1. The molecule has 1 N–H and O–H groups in total. The molecule has 106 valence electrons. The van der Waals surface area contributed by atoms with Crippen LogP contribution in [0.15, 0.2) is 47.8 Å². The van der Waals surface area contributed by atoms with E-state index in [1.807, 2.05) is 18.2 Å². The summed E-state index contributed by atoms with van der Waals surface area (Å²) in [6, 6.07) is 8.72. The van der Waals surface area contributed by atoms with Gasteiger partial charge in [-0.15, -0.1) is 0 Å². The van der Waals surface area contributed by atoms with Gasteiger partial charge in [0.05, 0.1) is 6.21 Å². The Morgan fingerprint density at radius 1 is 1.14 bits per heavy atom. The van der Waals surface area contributed by atoms with Crippen molar-refractivity contribution in [3.63, 3.8) is 0 Å². The predicted molar refractivity (Wildman–Crippen MR) is 76.7 cm³/mol. The lowest BCUT2D eigenvalue weighted by Crippen LogP contribution is -2.17. The minimum absolute atomic E-state index is 0.286. The molecule has 1 aromatic carbocycles. The smallest absolute Gasteiger partial charge is 0.271 e. The summed E-state index contributed by atoms with van der Waals surface area (Å²) in [5, 5.41) is 3.93. The Labute approximate surface area is 121 Å². The molecule has 0 saturated heterocycles. The highest BCUT2D eigenvalue weighted by Gasteiger charge is 2.10. The van der Waals surface area contributed by atoms with E-state index in [9.17, 15) is 4.79 Å². The van der Waals surface area contributed by atoms with E-state index < -0.39 is 0 Å². The van der Waals surface area contributed by atoms with E-state index in [2.05, 4.69) is 15.5 Å². The van der Waals surface area contributed by atoms with E-state index in [1.54, 1.807) is 30.7 Å². The molecular weight excluding hydrogens is 270 g/mol. The van der Waals surface area contributed by atoms with Crippen LogP contribution in [0.1, 0.15) is 15.9 Å². The summed E-state index contributed by atoms with van der Waals surface area (Å²) in [5.74, 6) is 1.12. The minimum atomic E-state index is -0.286. The second kappa shape index (κ2) is 6.04. The third kappa shape index (κ3) is 3.17. The van der Waals surface area contributed by atoms with Crippen molar-refractivity contribution in [2.75, 3.05) is 13.2 Å². The molecule has 0 fully saturated rings. The Kier molecular flexibility index (Phi) is 3.77. The van der Waals surface area contributed by atoms with Crippen LogP contribution in [0.5, 0.6) is 11.5 Å². The standard InChI is InChI=1S/C15H13N3O3/c19-15(12-3-5-16-6-4-12)18-17-10-11-1-2-13-14(9-11)21-8-7-20-13/h1-6,9-10H,7-8H2,(H,18,19)/b17-10+. The van der Waals surface area contributed by atoms with Crippen molar-refractivity contribution in [1.82, 2.24) is 10.4 Å². The van der Waals surface area contributed by atoms with E-state index in [4.69, 9.17) is 9.47 Å². The summed E-state index contributed by atoms with van der Waals surface area (Å²) in [5.41, 5.74) is 3.78. The zero-order valence-corrected chi connectivity index (χ0v) is 11.2. The van der Waals surface area contributed by atoms with Crippen LogP contribution in [-0.4, -0.2) is 30.3 Å². The number of carbonyl (C=O) groups excluding carboxylic acids is 1. The zero-order valence-electron chi connectivity index (χ0n) is 11.2. The van der Waals surface area contributed by atoms with Crippen LogP contribution < -0.4 is 14.9 Å². The van der Waals surface area contributed by atoms with Gasteiger partial charge in [0.15, 0.2) is 11.5 Å². The van der Waals surface area contributed by atoms with Crippen molar-refractivity contribution >= 4 is 12.1 Å². The zero-order chi connectivity index (χ0) is 14.5. The Morgan fingerprint density at radius 3 is 2.71 bits per heavy atom. The molecule has 0 unspecified atom stereocenters. The normalized spacial score (nSPS) is 13.1. The van der Waals surface area contributed by atoms with Gasteiger partial charge in [-0.25, -0.2) is 5.43 Å². The number of hydrazone groups is 1. The molecular formula is C15H13N3O3. The predicted octanol–water partition coefficient (Wildman–Crippen LogP) is 1.62. The van der Waals surface area contributed by atoms with Crippen molar-refractivity contribution in [2.45, 2.75) is 0 Å². The molecule has 3 rings (SSSR count). The molecule has 6 heteroatoms. The highest BCUT2D eigenvalue weighted by Crippen LogP contribution is 2.30.